The molecule has 1 saturated heterocycles. The van der Waals surface area contributed by atoms with Crippen LogP contribution in [0.1, 0.15) is 40.5 Å². The van der Waals surface area contributed by atoms with E-state index in [2.05, 4.69) is 15.6 Å². The van der Waals surface area contributed by atoms with E-state index in [-0.39, 0.29) is 18.7 Å². The van der Waals surface area contributed by atoms with Gasteiger partial charge >= 0.3 is 6.09 Å². The van der Waals surface area contributed by atoms with Gasteiger partial charge in [0, 0.05) is 31.9 Å². The van der Waals surface area contributed by atoms with E-state index in [1.54, 1.807) is 25.7 Å². The van der Waals surface area contributed by atoms with Gasteiger partial charge in [0.05, 0.1) is 17.9 Å². The van der Waals surface area contributed by atoms with Crippen LogP contribution in [-0.2, 0) is 14.6 Å². The Morgan fingerprint density at radius 3 is 2.36 bits per heavy atom. The number of ether oxygens (including phenoxy) is 1. The number of nitrogens with zero attached hydrogens (tertiary/aromatic N) is 2. The molecule has 0 atom stereocenters. The second-order valence-corrected chi connectivity index (χ2v) is 9.48. The Labute approximate surface area is 151 Å². The molecular formula is C16H32N4O4S. The summed E-state index contributed by atoms with van der Waals surface area (Å²) in [6, 6.07) is 0.185. The molecule has 25 heavy (non-hydrogen) atoms. The Balaban J connectivity index is 2.62. The van der Waals surface area contributed by atoms with Gasteiger partial charge in [-0.2, -0.15) is 0 Å². The summed E-state index contributed by atoms with van der Waals surface area (Å²) >= 11 is 0. The molecule has 2 N–H and O–H groups in total. The molecule has 9 heteroatoms. The molecule has 146 valence electrons. The SMILES string of the molecule is CCNC(=NCC(C)(C)S(C)(=O)=O)NC1CCN(C(=O)OCC)CC1. The molecular weight excluding hydrogens is 344 g/mol. The van der Waals surface area contributed by atoms with Gasteiger partial charge < -0.3 is 20.3 Å². The molecule has 1 aliphatic heterocycles. The summed E-state index contributed by atoms with van der Waals surface area (Å²) in [5.74, 6) is 0.605. The molecule has 1 rings (SSSR count). The third-order valence-electron chi connectivity index (χ3n) is 4.33. The quantitative estimate of drug-likeness (QED) is 0.530. The molecule has 0 radical (unpaired) electrons. The molecule has 0 bridgehead atoms. The summed E-state index contributed by atoms with van der Waals surface area (Å²) < 4.78 is 27.7. The van der Waals surface area contributed by atoms with Crippen molar-refractivity contribution in [3.05, 3.63) is 0 Å². The van der Waals surface area contributed by atoms with Crippen LogP contribution in [-0.4, -0.2) is 75.2 Å². The standard InChI is InChI=1S/C16H32N4O4S/c1-6-17-14(18-12-16(3,4)25(5,22)23)19-13-8-10-20(11-9-13)15(21)24-7-2/h13H,6-12H2,1-5H3,(H2,17,18,19). The van der Waals surface area contributed by atoms with Crippen molar-refractivity contribution in [3.63, 3.8) is 0 Å². The summed E-state index contributed by atoms with van der Waals surface area (Å²) in [5, 5.41) is 6.48. The zero-order valence-corrected chi connectivity index (χ0v) is 16.8. The van der Waals surface area contributed by atoms with Gasteiger partial charge in [0.15, 0.2) is 15.8 Å². The van der Waals surface area contributed by atoms with Crippen LogP contribution in [0.2, 0.25) is 0 Å². The monoisotopic (exact) mass is 376 g/mol. The number of hydrogen-bond donors (Lipinski definition) is 2. The van der Waals surface area contributed by atoms with E-state index in [4.69, 9.17) is 4.74 Å². The molecule has 0 saturated carbocycles. The van der Waals surface area contributed by atoms with Crippen molar-refractivity contribution in [2.45, 2.75) is 51.3 Å². The zero-order chi connectivity index (χ0) is 19.1. The fourth-order valence-electron chi connectivity index (χ4n) is 2.32. The maximum atomic E-state index is 11.8. The molecule has 1 aliphatic rings. The van der Waals surface area contributed by atoms with E-state index in [1.165, 1.54) is 6.26 Å². The number of guanidine groups is 1. The van der Waals surface area contributed by atoms with Crippen LogP contribution < -0.4 is 10.6 Å². The lowest BCUT2D eigenvalue weighted by molar-refractivity contribution is 0.0963. The van der Waals surface area contributed by atoms with Gasteiger partial charge in [0.25, 0.3) is 0 Å². The minimum Gasteiger partial charge on any atom is -0.450 e. The highest BCUT2D eigenvalue weighted by atomic mass is 32.2. The van der Waals surface area contributed by atoms with Crippen LogP contribution in [0.15, 0.2) is 4.99 Å². The van der Waals surface area contributed by atoms with E-state index < -0.39 is 14.6 Å². The number of carbonyl (C=O) groups is 1. The van der Waals surface area contributed by atoms with Crippen LogP contribution >= 0.6 is 0 Å². The Bertz CT molecular complexity index is 567. The van der Waals surface area contributed by atoms with Gasteiger partial charge in [-0.05, 0) is 40.5 Å². The van der Waals surface area contributed by atoms with E-state index in [9.17, 15) is 13.2 Å². The number of sulfone groups is 1. The molecule has 0 aliphatic carbocycles. The first-order valence-corrected chi connectivity index (χ1v) is 10.7. The number of hydrogen-bond acceptors (Lipinski definition) is 5. The van der Waals surface area contributed by atoms with Crippen molar-refractivity contribution < 1.29 is 17.9 Å². The number of nitrogens with one attached hydrogen (secondary N) is 2. The van der Waals surface area contributed by atoms with Gasteiger partial charge in [0.1, 0.15) is 0 Å². The molecule has 0 aromatic carbocycles. The molecule has 0 aromatic rings. The number of likely N-dealkylation sites (tertiary alicyclic amines) is 1. The van der Waals surface area contributed by atoms with Gasteiger partial charge in [-0.3, -0.25) is 4.99 Å². The molecule has 1 amide bonds. The van der Waals surface area contributed by atoms with E-state index in [1.807, 2.05) is 6.92 Å². The van der Waals surface area contributed by atoms with Crippen molar-refractivity contribution in [3.8, 4) is 0 Å². The largest absolute Gasteiger partial charge is 0.450 e. The Kier molecular flexibility index (Phi) is 7.98. The summed E-state index contributed by atoms with van der Waals surface area (Å²) in [7, 11) is -3.19. The number of amides is 1. The highest BCUT2D eigenvalue weighted by Gasteiger charge is 2.30. The Morgan fingerprint density at radius 2 is 1.88 bits per heavy atom. The minimum absolute atomic E-state index is 0.183. The smallest absolute Gasteiger partial charge is 0.409 e. The second-order valence-electron chi connectivity index (χ2n) is 6.83. The summed E-state index contributed by atoms with van der Waals surface area (Å²) in [5.41, 5.74) is 0. The fraction of sp³-hybridized carbons (Fsp3) is 0.875. The lowest BCUT2D eigenvalue weighted by Gasteiger charge is -2.32. The molecule has 1 fully saturated rings. The van der Waals surface area contributed by atoms with Crippen LogP contribution in [0.3, 0.4) is 0 Å². The third-order valence-corrected chi connectivity index (χ3v) is 6.46. The Morgan fingerprint density at radius 1 is 1.28 bits per heavy atom. The first kappa shape index (κ1) is 21.5. The zero-order valence-electron chi connectivity index (χ0n) is 16.0. The van der Waals surface area contributed by atoms with Crippen LogP contribution in [0.25, 0.3) is 0 Å². The van der Waals surface area contributed by atoms with Gasteiger partial charge in [-0.25, -0.2) is 13.2 Å². The van der Waals surface area contributed by atoms with Crippen molar-refractivity contribution in [2.24, 2.45) is 4.99 Å². The number of aliphatic imine (C=N–C) groups is 1. The molecule has 1 heterocycles. The first-order chi connectivity index (χ1) is 11.6. The summed E-state index contributed by atoms with van der Waals surface area (Å²) in [6.45, 7) is 9.61. The summed E-state index contributed by atoms with van der Waals surface area (Å²) in [4.78, 5) is 17.9. The summed E-state index contributed by atoms with van der Waals surface area (Å²) in [6.07, 6.45) is 2.54. The van der Waals surface area contributed by atoms with Crippen molar-refractivity contribution in [2.75, 3.05) is 39.0 Å². The Hall–Kier alpha value is -1.51. The van der Waals surface area contributed by atoms with Gasteiger partial charge in [-0.15, -0.1) is 0 Å². The van der Waals surface area contributed by atoms with Crippen molar-refractivity contribution >= 4 is 21.9 Å². The predicted molar refractivity (Wildman–Crippen MR) is 99.7 cm³/mol. The topological polar surface area (TPSA) is 100 Å². The van der Waals surface area contributed by atoms with Gasteiger partial charge in [0.2, 0.25) is 0 Å². The van der Waals surface area contributed by atoms with E-state index >= 15 is 0 Å². The van der Waals surface area contributed by atoms with Crippen LogP contribution in [0.4, 0.5) is 4.79 Å². The normalized spacial score (nSPS) is 17.3. The average molecular weight is 377 g/mol. The molecule has 0 spiro atoms. The number of rotatable bonds is 6. The van der Waals surface area contributed by atoms with Crippen molar-refractivity contribution in [1.29, 1.82) is 0 Å². The lowest BCUT2D eigenvalue weighted by Crippen LogP contribution is -2.50. The number of carbonyl (C=O) groups excluding carboxylic acids is 1. The number of piperidine rings is 1. The predicted octanol–water partition coefficient (Wildman–Crippen LogP) is 0.986. The van der Waals surface area contributed by atoms with Crippen LogP contribution in [0.5, 0.6) is 0 Å². The fourth-order valence-corrected chi connectivity index (χ4v) is 2.62. The van der Waals surface area contributed by atoms with Gasteiger partial charge in [-0.1, -0.05) is 0 Å². The lowest BCUT2D eigenvalue weighted by atomic mass is 10.1. The highest BCUT2D eigenvalue weighted by molar-refractivity contribution is 7.92. The maximum absolute atomic E-state index is 11.8. The van der Waals surface area contributed by atoms with E-state index in [0.717, 1.165) is 12.8 Å². The first-order valence-electron chi connectivity index (χ1n) is 8.77. The molecule has 8 nitrogen and oxygen atoms in total. The van der Waals surface area contributed by atoms with Crippen molar-refractivity contribution in [1.82, 2.24) is 15.5 Å². The second kappa shape index (κ2) is 9.26. The average Bonchev–Trinajstić information content (AvgIpc) is 2.53. The third kappa shape index (κ3) is 6.72. The van der Waals surface area contributed by atoms with E-state index in [0.29, 0.717) is 32.2 Å². The highest BCUT2D eigenvalue weighted by Crippen LogP contribution is 2.15. The van der Waals surface area contributed by atoms with Crippen LogP contribution in [0, 0.1) is 0 Å². The maximum Gasteiger partial charge on any atom is 0.409 e. The minimum atomic E-state index is -3.19. The molecule has 0 aromatic heterocycles. The molecule has 0 unspecified atom stereocenters.